The van der Waals surface area contributed by atoms with E-state index in [9.17, 15) is 10.1 Å². The normalized spacial score (nSPS) is 10.1. The number of benzene rings is 1. The fourth-order valence-electron chi connectivity index (χ4n) is 1.61. The Morgan fingerprint density at radius 3 is 2.90 bits per heavy atom. The van der Waals surface area contributed by atoms with Gasteiger partial charge in [0.25, 0.3) is 0 Å². The zero-order valence-electron chi connectivity index (χ0n) is 10.7. The molecule has 0 fully saturated rings. The number of aromatic nitrogens is 1. The first kappa shape index (κ1) is 14.1. The van der Waals surface area contributed by atoms with Gasteiger partial charge in [-0.1, -0.05) is 17.7 Å². The van der Waals surface area contributed by atoms with Crippen LogP contribution >= 0.6 is 11.6 Å². The highest BCUT2D eigenvalue weighted by Gasteiger charge is 2.15. The molecule has 0 saturated heterocycles. The molecule has 2 rings (SSSR count). The molecule has 0 radical (unpaired) electrons. The van der Waals surface area contributed by atoms with Crippen molar-refractivity contribution in [3.05, 3.63) is 57.2 Å². The highest BCUT2D eigenvalue weighted by atomic mass is 35.5. The van der Waals surface area contributed by atoms with Crippen molar-refractivity contribution in [2.45, 2.75) is 6.61 Å². The highest BCUT2D eigenvalue weighted by molar-refractivity contribution is 6.30. The standard InChI is InChI=1S/C13H12ClN3O3/c1-15-13-4-2-3-10(16-13)8-20-12-7-9(14)5-6-11(12)17(18)19/h2-7H,8H2,1H3,(H,15,16). The van der Waals surface area contributed by atoms with E-state index >= 15 is 0 Å². The maximum Gasteiger partial charge on any atom is 0.311 e. The van der Waals surface area contributed by atoms with E-state index in [4.69, 9.17) is 16.3 Å². The number of nitrogens with one attached hydrogen (secondary N) is 1. The van der Waals surface area contributed by atoms with Crippen molar-refractivity contribution in [1.29, 1.82) is 0 Å². The Bertz CT molecular complexity index is 634. The summed E-state index contributed by atoms with van der Waals surface area (Å²) >= 11 is 5.82. The third-order valence-electron chi connectivity index (χ3n) is 2.56. The number of rotatable bonds is 5. The van der Waals surface area contributed by atoms with Gasteiger partial charge in [-0.3, -0.25) is 10.1 Å². The van der Waals surface area contributed by atoms with Crippen LogP contribution in [-0.4, -0.2) is 17.0 Å². The predicted octanol–water partition coefficient (Wildman–Crippen LogP) is 3.26. The Hall–Kier alpha value is -2.34. The number of pyridine rings is 1. The van der Waals surface area contributed by atoms with Gasteiger partial charge in [0.2, 0.25) is 0 Å². The van der Waals surface area contributed by atoms with Crippen molar-refractivity contribution in [2.75, 3.05) is 12.4 Å². The average Bonchev–Trinajstić information content (AvgIpc) is 2.45. The zero-order valence-corrected chi connectivity index (χ0v) is 11.4. The Kier molecular flexibility index (Phi) is 4.37. The third kappa shape index (κ3) is 3.36. The molecule has 1 aromatic carbocycles. The lowest BCUT2D eigenvalue weighted by Crippen LogP contribution is -2.02. The highest BCUT2D eigenvalue weighted by Crippen LogP contribution is 2.30. The molecule has 0 unspecified atom stereocenters. The number of halogens is 1. The number of anilines is 1. The second kappa shape index (κ2) is 6.21. The SMILES string of the molecule is CNc1cccc(COc2cc(Cl)ccc2[N+](=O)[O-])n1. The first-order valence-electron chi connectivity index (χ1n) is 5.80. The van der Waals surface area contributed by atoms with Crippen molar-refractivity contribution in [3.63, 3.8) is 0 Å². The molecule has 0 aliphatic carbocycles. The minimum Gasteiger partial charge on any atom is -0.480 e. The van der Waals surface area contributed by atoms with E-state index < -0.39 is 4.92 Å². The van der Waals surface area contributed by atoms with Gasteiger partial charge in [0, 0.05) is 24.2 Å². The van der Waals surface area contributed by atoms with E-state index in [0.29, 0.717) is 16.5 Å². The Morgan fingerprint density at radius 1 is 1.40 bits per heavy atom. The zero-order chi connectivity index (χ0) is 14.5. The van der Waals surface area contributed by atoms with E-state index in [1.165, 1.54) is 18.2 Å². The summed E-state index contributed by atoms with van der Waals surface area (Å²) in [4.78, 5) is 14.7. The molecule has 0 aliphatic rings. The lowest BCUT2D eigenvalue weighted by Gasteiger charge is -2.08. The van der Waals surface area contributed by atoms with E-state index in [-0.39, 0.29) is 18.0 Å². The van der Waals surface area contributed by atoms with Crippen LogP contribution in [-0.2, 0) is 6.61 Å². The summed E-state index contributed by atoms with van der Waals surface area (Å²) in [6.07, 6.45) is 0. The van der Waals surface area contributed by atoms with Crippen molar-refractivity contribution >= 4 is 23.1 Å². The topological polar surface area (TPSA) is 77.3 Å². The summed E-state index contributed by atoms with van der Waals surface area (Å²) in [5.74, 6) is 0.825. The summed E-state index contributed by atoms with van der Waals surface area (Å²) in [6, 6.07) is 9.59. The maximum atomic E-state index is 10.9. The second-order valence-corrected chi connectivity index (χ2v) is 4.36. The van der Waals surface area contributed by atoms with Crippen LogP contribution in [0.4, 0.5) is 11.5 Å². The quantitative estimate of drug-likeness (QED) is 0.676. The van der Waals surface area contributed by atoms with Gasteiger partial charge in [-0.25, -0.2) is 4.98 Å². The molecule has 7 heteroatoms. The Labute approximate surface area is 120 Å². The number of nitrogens with zero attached hydrogens (tertiary/aromatic N) is 2. The molecule has 1 N–H and O–H groups in total. The molecule has 6 nitrogen and oxygen atoms in total. The third-order valence-corrected chi connectivity index (χ3v) is 2.79. The molecule has 0 amide bonds. The molecule has 104 valence electrons. The average molecular weight is 294 g/mol. The van der Waals surface area contributed by atoms with Crippen molar-refractivity contribution in [2.24, 2.45) is 0 Å². The van der Waals surface area contributed by atoms with E-state index in [1.54, 1.807) is 13.1 Å². The van der Waals surface area contributed by atoms with Crippen LogP contribution in [0.5, 0.6) is 5.75 Å². The van der Waals surface area contributed by atoms with E-state index in [2.05, 4.69) is 10.3 Å². The van der Waals surface area contributed by atoms with Gasteiger partial charge < -0.3 is 10.1 Å². The Balaban J connectivity index is 2.17. The van der Waals surface area contributed by atoms with Gasteiger partial charge >= 0.3 is 5.69 Å². The van der Waals surface area contributed by atoms with Gasteiger partial charge in [0.05, 0.1) is 10.6 Å². The van der Waals surface area contributed by atoms with Crippen LogP contribution in [0.1, 0.15) is 5.69 Å². The molecule has 0 saturated carbocycles. The summed E-state index contributed by atoms with van der Waals surface area (Å²) in [7, 11) is 1.76. The minimum atomic E-state index is -0.511. The maximum absolute atomic E-state index is 10.9. The van der Waals surface area contributed by atoms with Gasteiger partial charge in [-0.2, -0.15) is 0 Å². The summed E-state index contributed by atoms with van der Waals surface area (Å²) in [6.45, 7) is 0.122. The molecule has 0 aliphatic heterocycles. The lowest BCUT2D eigenvalue weighted by molar-refractivity contribution is -0.385. The molecule has 0 bridgehead atoms. The monoisotopic (exact) mass is 293 g/mol. The van der Waals surface area contributed by atoms with Gasteiger partial charge in [0.1, 0.15) is 12.4 Å². The molecule has 1 aromatic heterocycles. The molecule has 0 spiro atoms. The summed E-state index contributed by atoms with van der Waals surface area (Å²) < 4.78 is 5.45. The van der Waals surface area contributed by atoms with Crippen molar-refractivity contribution < 1.29 is 9.66 Å². The second-order valence-electron chi connectivity index (χ2n) is 3.92. The molecule has 20 heavy (non-hydrogen) atoms. The molecule has 0 atom stereocenters. The van der Waals surface area contributed by atoms with Crippen LogP contribution < -0.4 is 10.1 Å². The number of hydrogen-bond acceptors (Lipinski definition) is 5. The number of hydrogen-bond donors (Lipinski definition) is 1. The molecular formula is C13H12ClN3O3. The predicted molar refractivity (Wildman–Crippen MR) is 76.2 cm³/mol. The largest absolute Gasteiger partial charge is 0.480 e. The number of nitro benzene ring substituents is 1. The van der Waals surface area contributed by atoms with E-state index in [1.807, 2.05) is 12.1 Å². The van der Waals surface area contributed by atoms with Crippen LogP contribution in [0.15, 0.2) is 36.4 Å². The van der Waals surface area contributed by atoms with E-state index in [0.717, 1.165) is 0 Å². The van der Waals surface area contributed by atoms with Crippen molar-refractivity contribution in [3.8, 4) is 5.75 Å². The van der Waals surface area contributed by atoms with Crippen LogP contribution in [0.25, 0.3) is 0 Å². The summed E-state index contributed by atoms with van der Waals surface area (Å²) in [5, 5.41) is 14.2. The molecule has 2 aromatic rings. The number of nitro groups is 1. The smallest absolute Gasteiger partial charge is 0.311 e. The Morgan fingerprint density at radius 2 is 2.20 bits per heavy atom. The fourth-order valence-corrected chi connectivity index (χ4v) is 1.77. The van der Waals surface area contributed by atoms with Crippen molar-refractivity contribution in [1.82, 2.24) is 4.98 Å². The van der Waals surface area contributed by atoms with Crippen LogP contribution in [0, 0.1) is 10.1 Å². The van der Waals surface area contributed by atoms with Crippen LogP contribution in [0.2, 0.25) is 5.02 Å². The molecular weight excluding hydrogens is 282 g/mol. The van der Waals surface area contributed by atoms with Gasteiger partial charge in [-0.15, -0.1) is 0 Å². The van der Waals surface area contributed by atoms with Crippen LogP contribution in [0.3, 0.4) is 0 Å². The minimum absolute atomic E-state index is 0.122. The fraction of sp³-hybridized carbons (Fsp3) is 0.154. The first-order chi connectivity index (χ1) is 9.60. The molecule has 1 heterocycles. The van der Waals surface area contributed by atoms with Gasteiger partial charge in [-0.05, 0) is 18.2 Å². The number of ether oxygens (including phenoxy) is 1. The van der Waals surface area contributed by atoms with Gasteiger partial charge in [0.15, 0.2) is 5.75 Å². The first-order valence-corrected chi connectivity index (χ1v) is 6.18. The summed E-state index contributed by atoms with van der Waals surface area (Å²) in [5.41, 5.74) is 0.533. The lowest BCUT2D eigenvalue weighted by atomic mass is 10.3.